The number of ether oxygens (including phenoxy) is 2. The minimum atomic E-state index is 0.790. The van der Waals surface area contributed by atoms with Crippen LogP contribution in [0, 0.1) is 0 Å². The third-order valence-corrected chi connectivity index (χ3v) is 2.91. The van der Waals surface area contributed by atoms with Crippen LogP contribution in [0.2, 0.25) is 0 Å². The van der Waals surface area contributed by atoms with E-state index in [0.29, 0.717) is 0 Å². The van der Waals surface area contributed by atoms with Crippen LogP contribution < -0.4 is 14.8 Å². The Bertz CT molecular complexity index is 319. The van der Waals surface area contributed by atoms with Crippen LogP contribution in [0.15, 0.2) is 24.3 Å². The van der Waals surface area contributed by atoms with Gasteiger partial charge in [0.05, 0.1) is 13.7 Å². The first kappa shape index (κ1) is 12.2. The summed E-state index contributed by atoms with van der Waals surface area (Å²) in [6.07, 6.45) is 5.02. The SMILES string of the molecule is COc1ccc(OCCCCNC2CC2)cc1. The maximum Gasteiger partial charge on any atom is 0.119 e. The number of methoxy groups -OCH3 is 1. The number of hydrogen-bond donors (Lipinski definition) is 1. The fourth-order valence-corrected chi connectivity index (χ4v) is 1.68. The normalized spacial score (nSPS) is 14.6. The highest BCUT2D eigenvalue weighted by molar-refractivity contribution is 5.31. The molecule has 2 rings (SSSR count). The lowest BCUT2D eigenvalue weighted by molar-refractivity contribution is 0.305. The first-order valence-corrected chi connectivity index (χ1v) is 6.39. The van der Waals surface area contributed by atoms with E-state index in [1.165, 1.54) is 19.3 Å². The van der Waals surface area contributed by atoms with Gasteiger partial charge in [-0.25, -0.2) is 0 Å². The molecule has 0 amide bonds. The Morgan fingerprint density at radius 3 is 2.47 bits per heavy atom. The van der Waals surface area contributed by atoms with Crippen molar-refractivity contribution in [1.29, 1.82) is 0 Å². The molecule has 1 N–H and O–H groups in total. The van der Waals surface area contributed by atoms with Crippen LogP contribution in [0.5, 0.6) is 11.5 Å². The van der Waals surface area contributed by atoms with E-state index in [1.54, 1.807) is 7.11 Å². The van der Waals surface area contributed by atoms with E-state index in [0.717, 1.165) is 37.1 Å². The molecule has 0 heterocycles. The molecular formula is C14H21NO2. The van der Waals surface area contributed by atoms with Gasteiger partial charge in [-0.1, -0.05) is 0 Å². The summed E-state index contributed by atoms with van der Waals surface area (Å²) < 4.78 is 10.7. The number of benzene rings is 1. The predicted octanol–water partition coefficient (Wildman–Crippen LogP) is 2.61. The summed E-state index contributed by atoms with van der Waals surface area (Å²) >= 11 is 0. The van der Waals surface area contributed by atoms with Crippen molar-refractivity contribution in [3.8, 4) is 11.5 Å². The number of rotatable bonds is 8. The Balaban J connectivity index is 1.53. The zero-order chi connectivity index (χ0) is 11.9. The zero-order valence-corrected chi connectivity index (χ0v) is 10.4. The maximum atomic E-state index is 5.64. The molecule has 3 heteroatoms. The molecule has 0 atom stereocenters. The fraction of sp³-hybridized carbons (Fsp3) is 0.571. The Morgan fingerprint density at radius 1 is 1.12 bits per heavy atom. The van der Waals surface area contributed by atoms with Crippen LogP contribution in [0.1, 0.15) is 25.7 Å². The molecular weight excluding hydrogens is 214 g/mol. The maximum absolute atomic E-state index is 5.64. The van der Waals surface area contributed by atoms with E-state index >= 15 is 0 Å². The largest absolute Gasteiger partial charge is 0.497 e. The molecule has 0 radical (unpaired) electrons. The van der Waals surface area contributed by atoms with Crippen molar-refractivity contribution in [1.82, 2.24) is 5.32 Å². The summed E-state index contributed by atoms with van der Waals surface area (Å²) in [5.41, 5.74) is 0. The Morgan fingerprint density at radius 2 is 1.82 bits per heavy atom. The second kappa shape index (κ2) is 6.50. The first-order chi connectivity index (χ1) is 8.38. The number of unbranched alkanes of at least 4 members (excludes halogenated alkanes) is 1. The average Bonchev–Trinajstić information content (AvgIpc) is 3.18. The molecule has 0 aromatic heterocycles. The molecule has 0 bridgehead atoms. The average molecular weight is 235 g/mol. The van der Waals surface area contributed by atoms with Gasteiger partial charge in [-0.3, -0.25) is 0 Å². The monoisotopic (exact) mass is 235 g/mol. The Kier molecular flexibility index (Phi) is 4.68. The minimum Gasteiger partial charge on any atom is -0.497 e. The zero-order valence-electron chi connectivity index (χ0n) is 10.4. The van der Waals surface area contributed by atoms with Crippen LogP contribution in [-0.2, 0) is 0 Å². The van der Waals surface area contributed by atoms with E-state index in [-0.39, 0.29) is 0 Å². The molecule has 1 aromatic carbocycles. The van der Waals surface area contributed by atoms with Gasteiger partial charge < -0.3 is 14.8 Å². The van der Waals surface area contributed by atoms with Crippen LogP contribution in [0.3, 0.4) is 0 Å². The molecule has 1 fully saturated rings. The summed E-state index contributed by atoms with van der Waals surface area (Å²) in [4.78, 5) is 0. The Labute approximate surface area is 103 Å². The van der Waals surface area contributed by atoms with Gasteiger partial charge in [-0.05, 0) is 56.5 Å². The highest BCUT2D eigenvalue weighted by Crippen LogP contribution is 2.19. The van der Waals surface area contributed by atoms with Gasteiger partial charge in [0.25, 0.3) is 0 Å². The lowest BCUT2D eigenvalue weighted by atomic mass is 10.3. The van der Waals surface area contributed by atoms with Gasteiger partial charge in [0.2, 0.25) is 0 Å². The van der Waals surface area contributed by atoms with Crippen molar-refractivity contribution < 1.29 is 9.47 Å². The Hall–Kier alpha value is -1.22. The molecule has 0 aliphatic heterocycles. The highest BCUT2D eigenvalue weighted by atomic mass is 16.5. The number of nitrogens with one attached hydrogen (secondary N) is 1. The van der Waals surface area contributed by atoms with Crippen molar-refractivity contribution >= 4 is 0 Å². The summed E-state index contributed by atoms with van der Waals surface area (Å²) in [6.45, 7) is 1.91. The van der Waals surface area contributed by atoms with E-state index in [4.69, 9.17) is 9.47 Å². The topological polar surface area (TPSA) is 30.5 Å². The summed E-state index contributed by atoms with van der Waals surface area (Å²) in [6, 6.07) is 8.55. The lowest BCUT2D eigenvalue weighted by Crippen LogP contribution is -2.17. The van der Waals surface area contributed by atoms with E-state index in [9.17, 15) is 0 Å². The van der Waals surface area contributed by atoms with Crippen molar-refractivity contribution in [2.45, 2.75) is 31.7 Å². The van der Waals surface area contributed by atoms with Gasteiger partial charge in [0.15, 0.2) is 0 Å². The van der Waals surface area contributed by atoms with E-state index in [1.807, 2.05) is 24.3 Å². The summed E-state index contributed by atoms with van der Waals surface area (Å²) in [7, 11) is 1.67. The van der Waals surface area contributed by atoms with Gasteiger partial charge in [-0.15, -0.1) is 0 Å². The van der Waals surface area contributed by atoms with E-state index in [2.05, 4.69) is 5.32 Å². The van der Waals surface area contributed by atoms with Gasteiger partial charge in [0, 0.05) is 6.04 Å². The number of hydrogen-bond acceptors (Lipinski definition) is 3. The molecule has 1 saturated carbocycles. The minimum absolute atomic E-state index is 0.790. The molecule has 1 aliphatic carbocycles. The molecule has 94 valence electrons. The van der Waals surface area contributed by atoms with Gasteiger partial charge in [0.1, 0.15) is 11.5 Å². The molecule has 1 aromatic rings. The first-order valence-electron chi connectivity index (χ1n) is 6.39. The quantitative estimate of drug-likeness (QED) is 0.703. The molecule has 0 saturated heterocycles. The van der Waals surface area contributed by atoms with Gasteiger partial charge in [-0.2, -0.15) is 0 Å². The fourth-order valence-electron chi connectivity index (χ4n) is 1.68. The van der Waals surface area contributed by atoms with Crippen LogP contribution in [0.25, 0.3) is 0 Å². The van der Waals surface area contributed by atoms with Crippen LogP contribution in [-0.4, -0.2) is 26.3 Å². The van der Waals surface area contributed by atoms with Gasteiger partial charge >= 0.3 is 0 Å². The smallest absolute Gasteiger partial charge is 0.119 e. The van der Waals surface area contributed by atoms with Crippen molar-refractivity contribution in [3.05, 3.63) is 24.3 Å². The molecule has 3 nitrogen and oxygen atoms in total. The van der Waals surface area contributed by atoms with Crippen molar-refractivity contribution in [2.75, 3.05) is 20.3 Å². The summed E-state index contributed by atoms with van der Waals surface area (Å²) in [5, 5.41) is 3.50. The second-order valence-electron chi connectivity index (χ2n) is 4.46. The third-order valence-electron chi connectivity index (χ3n) is 2.91. The second-order valence-corrected chi connectivity index (χ2v) is 4.46. The van der Waals surface area contributed by atoms with Crippen LogP contribution >= 0.6 is 0 Å². The molecule has 0 spiro atoms. The predicted molar refractivity (Wildman–Crippen MR) is 68.7 cm³/mol. The lowest BCUT2D eigenvalue weighted by Gasteiger charge is -2.07. The van der Waals surface area contributed by atoms with Crippen molar-refractivity contribution in [3.63, 3.8) is 0 Å². The molecule has 1 aliphatic rings. The van der Waals surface area contributed by atoms with Crippen LogP contribution in [0.4, 0.5) is 0 Å². The molecule has 17 heavy (non-hydrogen) atoms. The van der Waals surface area contributed by atoms with E-state index < -0.39 is 0 Å². The third kappa shape index (κ3) is 4.65. The standard InChI is InChI=1S/C14H21NO2/c1-16-13-6-8-14(9-7-13)17-11-3-2-10-15-12-4-5-12/h6-9,12,15H,2-5,10-11H2,1H3. The highest BCUT2D eigenvalue weighted by Gasteiger charge is 2.19. The summed E-state index contributed by atoms with van der Waals surface area (Å²) in [5.74, 6) is 1.78. The van der Waals surface area contributed by atoms with Crippen molar-refractivity contribution in [2.24, 2.45) is 0 Å². The molecule has 0 unspecified atom stereocenters.